The molecule has 6 heteroatoms. The van der Waals surface area contributed by atoms with E-state index >= 15 is 0 Å². The quantitative estimate of drug-likeness (QED) is 0.341. The van der Waals surface area contributed by atoms with Crippen LogP contribution < -0.4 is 16.6 Å². The van der Waals surface area contributed by atoms with E-state index < -0.39 is 0 Å². The molecule has 0 aliphatic carbocycles. The van der Waals surface area contributed by atoms with E-state index in [9.17, 15) is 0 Å². The lowest BCUT2D eigenvalue weighted by atomic mass is 10.2. The van der Waals surface area contributed by atoms with Gasteiger partial charge in [-0.15, -0.1) is 0 Å². The van der Waals surface area contributed by atoms with Gasteiger partial charge in [0.2, 0.25) is 5.96 Å². The Bertz CT molecular complexity index is 609. The van der Waals surface area contributed by atoms with E-state index in [4.69, 9.17) is 17.4 Å². The van der Waals surface area contributed by atoms with Crippen LogP contribution in [0.5, 0.6) is 0 Å². The first-order valence-corrected chi connectivity index (χ1v) is 6.34. The number of hydrazine groups is 1. The van der Waals surface area contributed by atoms with E-state index in [1.165, 1.54) is 0 Å². The maximum atomic E-state index is 6.15. The molecule has 100 valence electrons. The van der Waals surface area contributed by atoms with Gasteiger partial charge in [-0.05, 0) is 38.1 Å². The fraction of sp³-hybridized carbons (Fsp3) is 0.231. The molecule has 0 bridgehead atoms. The molecule has 0 saturated heterocycles. The number of hydrogen-bond acceptors (Lipinski definition) is 3. The maximum Gasteiger partial charge on any atom is 0.210 e. The largest absolute Gasteiger partial charge is 0.323 e. The minimum atomic E-state index is 0.130. The first-order valence-electron chi connectivity index (χ1n) is 5.96. The monoisotopic (exact) mass is 277 g/mol. The van der Waals surface area contributed by atoms with E-state index in [1.807, 2.05) is 38.1 Å². The summed E-state index contributed by atoms with van der Waals surface area (Å²) in [5, 5.41) is 4.67. The number of rotatable bonds is 2. The average molecular weight is 278 g/mol. The zero-order valence-electron chi connectivity index (χ0n) is 10.8. The van der Waals surface area contributed by atoms with Crippen molar-refractivity contribution in [3.63, 3.8) is 0 Å². The zero-order chi connectivity index (χ0) is 13.8. The predicted octanol–water partition coefficient (Wildman–Crippen LogP) is 2.53. The number of anilines is 1. The molecule has 0 fully saturated rings. The summed E-state index contributed by atoms with van der Waals surface area (Å²) in [4.78, 5) is 8.67. The molecule has 0 aliphatic heterocycles. The molecular weight excluding hydrogens is 262 g/mol. The topological polar surface area (TPSA) is 75.3 Å². The summed E-state index contributed by atoms with van der Waals surface area (Å²) in [5.74, 6) is 5.94. The van der Waals surface area contributed by atoms with Crippen molar-refractivity contribution in [1.29, 1.82) is 0 Å². The normalized spacial score (nSPS) is 11.9. The molecule has 0 spiro atoms. The Balaban J connectivity index is 2.43. The number of nitrogens with one attached hydrogen (secondary N) is 2. The first-order chi connectivity index (χ1) is 9.11. The van der Waals surface area contributed by atoms with Gasteiger partial charge in [-0.3, -0.25) is 10.4 Å². The summed E-state index contributed by atoms with van der Waals surface area (Å²) < 4.78 is 0. The van der Waals surface area contributed by atoms with Crippen molar-refractivity contribution in [1.82, 2.24) is 10.4 Å². The van der Waals surface area contributed by atoms with E-state index in [-0.39, 0.29) is 6.04 Å². The fourth-order valence-corrected chi connectivity index (χ4v) is 1.95. The molecule has 0 atom stereocenters. The van der Waals surface area contributed by atoms with Gasteiger partial charge < -0.3 is 5.32 Å². The van der Waals surface area contributed by atoms with Gasteiger partial charge >= 0.3 is 0 Å². The minimum absolute atomic E-state index is 0.130. The van der Waals surface area contributed by atoms with Crippen LogP contribution in [0.15, 0.2) is 35.5 Å². The Kier molecular flexibility index (Phi) is 4.19. The molecule has 1 aromatic heterocycles. The number of fused-ring (bicyclic) bond motifs is 1. The molecule has 19 heavy (non-hydrogen) atoms. The highest BCUT2D eigenvalue weighted by molar-refractivity contribution is 6.35. The van der Waals surface area contributed by atoms with Gasteiger partial charge in [0.05, 0.1) is 16.2 Å². The van der Waals surface area contributed by atoms with Gasteiger partial charge in [0.15, 0.2) is 0 Å². The molecule has 0 unspecified atom stereocenters. The Morgan fingerprint density at radius 1 is 1.37 bits per heavy atom. The van der Waals surface area contributed by atoms with Crippen LogP contribution in [0.25, 0.3) is 10.9 Å². The van der Waals surface area contributed by atoms with Crippen LogP contribution in [-0.4, -0.2) is 17.0 Å². The third-order valence-corrected chi connectivity index (χ3v) is 2.82. The highest BCUT2D eigenvalue weighted by Gasteiger charge is 2.07. The van der Waals surface area contributed by atoms with Crippen LogP contribution in [-0.2, 0) is 0 Å². The van der Waals surface area contributed by atoms with E-state index in [2.05, 4.69) is 20.7 Å². The number of benzene rings is 1. The number of pyridine rings is 1. The summed E-state index contributed by atoms with van der Waals surface area (Å²) in [6, 6.07) is 7.57. The van der Waals surface area contributed by atoms with E-state index in [0.29, 0.717) is 11.0 Å². The summed E-state index contributed by atoms with van der Waals surface area (Å²) in [6.45, 7) is 3.94. The standard InChI is InChI=1S/C13H16ClN5/c1-8(2)17-13(19-15)18-11-6-5-10(14)9-4-3-7-16-12(9)11/h3-8H,15H2,1-2H3,(H2,17,18,19). The molecule has 0 amide bonds. The van der Waals surface area contributed by atoms with Crippen LogP contribution in [0.1, 0.15) is 13.8 Å². The molecule has 1 aromatic carbocycles. The van der Waals surface area contributed by atoms with Gasteiger partial charge in [-0.25, -0.2) is 10.8 Å². The highest BCUT2D eigenvalue weighted by Crippen LogP contribution is 2.27. The van der Waals surface area contributed by atoms with Crippen LogP contribution in [0.3, 0.4) is 0 Å². The van der Waals surface area contributed by atoms with Crippen molar-refractivity contribution in [3.8, 4) is 0 Å². The number of guanidine groups is 1. The second-order valence-corrected chi connectivity index (χ2v) is 4.74. The fourth-order valence-electron chi connectivity index (χ4n) is 1.73. The smallest absolute Gasteiger partial charge is 0.210 e. The SMILES string of the molecule is CC(C)N=C(NN)Nc1ccc(Cl)c2cccnc12. The Labute approximate surface area is 116 Å². The lowest BCUT2D eigenvalue weighted by Crippen LogP contribution is -2.37. The van der Waals surface area contributed by atoms with Crippen LogP contribution in [0.4, 0.5) is 5.69 Å². The number of nitrogens with zero attached hydrogens (tertiary/aromatic N) is 2. The van der Waals surface area contributed by atoms with Crippen molar-refractivity contribution in [2.45, 2.75) is 19.9 Å². The zero-order valence-corrected chi connectivity index (χ0v) is 11.6. The molecule has 2 rings (SSSR count). The highest BCUT2D eigenvalue weighted by atomic mass is 35.5. The van der Waals surface area contributed by atoms with Gasteiger partial charge in [0.1, 0.15) is 0 Å². The van der Waals surface area contributed by atoms with Crippen molar-refractivity contribution in [2.75, 3.05) is 5.32 Å². The third kappa shape index (κ3) is 3.13. The molecule has 4 N–H and O–H groups in total. The summed E-state index contributed by atoms with van der Waals surface area (Å²) in [7, 11) is 0. The van der Waals surface area contributed by atoms with Crippen molar-refractivity contribution < 1.29 is 0 Å². The molecule has 1 heterocycles. The number of halogens is 1. The summed E-state index contributed by atoms with van der Waals surface area (Å²) in [6.07, 6.45) is 1.72. The second-order valence-electron chi connectivity index (χ2n) is 4.34. The number of aromatic nitrogens is 1. The van der Waals surface area contributed by atoms with Crippen LogP contribution >= 0.6 is 11.6 Å². The lowest BCUT2D eigenvalue weighted by Gasteiger charge is -2.12. The number of aliphatic imine (C=N–C) groups is 1. The van der Waals surface area contributed by atoms with E-state index in [0.717, 1.165) is 16.6 Å². The molecule has 0 aliphatic rings. The van der Waals surface area contributed by atoms with Gasteiger partial charge in [0, 0.05) is 17.6 Å². The van der Waals surface area contributed by atoms with Crippen molar-refractivity contribution in [2.24, 2.45) is 10.8 Å². The van der Waals surface area contributed by atoms with Crippen molar-refractivity contribution >= 4 is 34.2 Å². The first kappa shape index (κ1) is 13.6. The van der Waals surface area contributed by atoms with Gasteiger partial charge in [0.25, 0.3) is 0 Å². The average Bonchev–Trinajstić information content (AvgIpc) is 2.41. The van der Waals surface area contributed by atoms with Gasteiger partial charge in [-0.1, -0.05) is 11.6 Å². The maximum absolute atomic E-state index is 6.15. The van der Waals surface area contributed by atoms with E-state index in [1.54, 1.807) is 6.20 Å². The molecule has 2 aromatic rings. The molecule has 5 nitrogen and oxygen atoms in total. The molecule has 0 radical (unpaired) electrons. The van der Waals surface area contributed by atoms with Gasteiger partial charge in [-0.2, -0.15) is 0 Å². The third-order valence-electron chi connectivity index (χ3n) is 2.49. The number of hydrogen-bond donors (Lipinski definition) is 3. The lowest BCUT2D eigenvalue weighted by molar-refractivity contribution is 0.819. The van der Waals surface area contributed by atoms with Crippen LogP contribution in [0.2, 0.25) is 5.02 Å². The van der Waals surface area contributed by atoms with Crippen LogP contribution in [0, 0.1) is 0 Å². The van der Waals surface area contributed by atoms with Crippen molar-refractivity contribution in [3.05, 3.63) is 35.5 Å². The summed E-state index contributed by atoms with van der Waals surface area (Å²) in [5.41, 5.74) is 4.12. The molecular formula is C13H16ClN5. The second kappa shape index (κ2) is 5.86. The number of nitrogens with two attached hydrogens (primary N) is 1. The minimum Gasteiger partial charge on any atom is -0.323 e. The Morgan fingerprint density at radius 2 is 2.16 bits per heavy atom. The Hall–Kier alpha value is -1.85. The molecule has 0 saturated carbocycles. The Morgan fingerprint density at radius 3 is 2.84 bits per heavy atom. The predicted molar refractivity (Wildman–Crippen MR) is 80.3 cm³/mol. The summed E-state index contributed by atoms with van der Waals surface area (Å²) >= 11 is 6.15.